The van der Waals surface area contributed by atoms with Crippen LogP contribution in [0.1, 0.15) is 10.4 Å². The molecule has 10 heteroatoms. The zero-order chi connectivity index (χ0) is 24.1. The van der Waals surface area contributed by atoms with E-state index in [1.54, 1.807) is 24.3 Å². The first-order valence-corrected chi connectivity index (χ1v) is 11.9. The van der Waals surface area contributed by atoms with E-state index in [4.69, 9.17) is 14.2 Å². The number of nitrogens with one attached hydrogen (secondary N) is 1. The molecule has 1 amide bonds. The number of benzene rings is 3. The van der Waals surface area contributed by atoms with Gasteiger partial charge in [-0.1, -0.05) is 6.07 Å². The van der Waals surface area contributed by atoms with Crippen molar-refractivity contribution >= 4 is 21.6 Å². The number of ether oxygens (including phenoxy) is 3. The molecule has 4 rings (SSSR count). The third kappa shape index (κ3) is 5.36. The maximum Gasteiger partial charge on any atom is 0.255 e. The molecule has 0 atom stereocenters. The largest absolute Gasteiger partial charge is 0.497 e. The molecule has 0 aromatic heterocycles. The number of nitrogens with zero attached hydrogens (tertiary/aromatic N) is 1. The summed E-state index contributed by atoms with van der Waals surface area (Å²) in [6, 6.07) is 16.1. The number of halogens is 1. The summed E-state index contributed by atoms with van der Waals surface area (Å²) in [4.78, 5) is 12.9. The Labute approximate surface area is 196 Å². The van der Waals surface area contributed by atoms with Gasteiger partial charge in [-0.3, -0.25) is 4.79 Å². The quantitative estimate of drug-likeness (QED) is 0.545. The third-order valence-electron chi connectivity index (χ3n) is 5.18. The monoisotopic (exact) mass is 486 g/mol. The van der Waals surface area contributed by atoms with E-state index in [0.29, 0.717) is 30.3 Å². The zero-order valence-electron chi connectivity index (χ0n) is 18.4. The second kappa shape index (κ2) is 10.2. The SMILES string of the molecule is COc1cccc(C(=O)Nc2cc(S(=O)(=O)N3CCOCC3)ccc2Oc2ccc(F)cc2)c1. The van der Waals surface area contributed by atoms with Gasteiger partial charge in [-0.15, -0.1) is 0 Å². The van der Waals surface area contributed by atoms with Crippen LogP contribution in [0, 0.1) is 5.82 Å². The van der Waals surface area contributed by atoms with Crippen LogP contribution in [0.4, 0.5) is 10.1 Å². The highest BCUT2D eigenvalue weighted by molar-refractivity contribution is 7.89. The average Bonchev–Trinajstić information content (AvgIpc) is 2.86. The van der Waals surface area contributed by atoms with E-state index >= 15 is 0 Å². The van der Waals surface area contributed by atoms with Crippen molar-refractivity contribution in [3.63, 3.8) is 0 Å². The lowest BCUT2D eigenvalue weighted by atomic mass is 10.2. The molecule has 1 aliphatic rings. The molecule has 1 saturated heterocycles. The standard InChI is InChI=1S/C24H23FN2O6S/c1-31-20-4-2-3-17(15-20)24(28)26-22-16-21(34(29,30)27-11-13-32-14-12-27)9-10-23(22)33-19-7-5-18(25)6-8-19/h2-10,15-16H,11-14H2,1H3,(H,26,28). The zero-order valence-corrected chi connectivity index (χ0v) is 19.2. The molecule has 8 nitrogen and oxygen atoms in total. The summed E-state index contributed by atoms with van der Waals surface area (Å²) >= 11 is 0. The van der Waals surface area contributed by atoms with Gasteiger partial charge in [0.25, 0.3) is 5.91 Å². The maximum absolute atomic E-state index is 13.3. The minimum atomic E-state index is -3.81. The van der Waals surface area contributed by atoms with Crippen LogP contribution in [0.2, 0.25) is 0 Å². The molecule has 0 bridgehead atoms. The molecule has 1 N–H and O–H groups in total. The first-order chi connectivity index (χ1) is 16.4. The van der Waals surface area contributed by atoms with Crippen LogP contribution in [0.3, 0.4) is 0 Å². The van der Waals surface area contributed by atoms with Crippen molar-refractivity contribution in [2.75, 3.05) is 38.7 Å². The van der Waals surface area contributed by atoms with E-state index in [2.05, 4.69) is 5.32 Å². The highest BCUT2D eigenvalue weighted by Crippen LogP contribution is 2.33. The third-order valence-corrected chi connectivity index (χ3v) is 7.08. The van der Waals surface area contributed by atoms with E-state index in [9.17, 15) is 17.6 Å². The van der Waals surface area contributed by atoms with E-state index in [1.165, 1.54) is 53.9 Å². The molecule has 0 unspecified atom stereocenters. The van der Waals surface area contributed by atoms with E-state index in [1.807, 2.05) is 0 Å². The molecule has 34 heavy (non-hydrogen) atoms. The lowest BCUT2D eigenvalue weighted by molar-refractivity contribution is 0.0730. The highest BCUT2D eigenvalue weighted by Gasteiger charge is 2.27. The summed E-state index contributed by atoms with van der Waals surface area (Å²) in [6.45, 7) is 1.10. The summed E-state index contributed by atoms with van der Waals surface area (Å²) in [7, 11) is -2.32. The number of hydrogen-bond acceptors (Lipinski definition) is 6. The van der Waals surface area contributed by atoms with Crippen LogP contribution in [0.15, 0.2) is 71.6 Å². The fraction of sp³-hybridized carbons (Fsp3) is 0.208. The molecular weight excluding hydrogens is 463 g/mol. The van der Waals surface area contributed by atoms with Gasteiger partial charge in [0.05, 0.1) is 30.9 Å². The van der Waals surface area contributed by atoms with E-state index < -0.39 is 21.7 Å². The van der Waals surface area contributed by atoms with Gasteiger partial charge >= 0.3 is 0 Å². The molecule has 1 aliphatic heterocycles. The predicted molar refractivity (Wildman–Crippen MR) is 123 cm³/mol. The Morgan fingerprint density at radius 2 is 1.74 bits per heavy atom. The number of morpholine rings is 1. The minimum absolute atomic E-state index is 0.00167. The molecule has 3 aromatic rings. The highest BCUT2D eigenvalue weighted by atomic mass is 32.2. The van der Waals surface area contributed by atoms with Crippen LogP contribution < -0.4 is 14.8 Å². The van der Waals surface area contributed by atoms with Crippen molar-refractivity contribution < 1.29 is 31.8 Å². The smallest absolute Gasteiger partial charge is 0.255 e. The summed E-state index contributed by atoms with van der Waals surface area (Å²) in [5.41, 5.74) is 0.458. The van der Waals surface area contributed by atoms with Crippen molar-refractivity contribution in [3.05, 3.63) is 78.1 Å². The van der Waals surface area contributed by atoms with Crippen LogP contribution in [0.25, 0.3) is 0 Å². The van der Waals surface area contributed by atoms with E-state index in [0.717, 1.165) is 0 Å². The average molecular weight is 487 g/mol. The minimum Gasteiger partial charge on any atom is -0.497 e. The Morgan fingerprint density at radius 1 is 1.00 bits per heavy atom. The fourth-order valence-electron chi connectivity index (χ4n) is 3.38. The normalized spacial score (nSPS) is 14.4. The Morgan fingerprint density at radius 3 is 2.44 bits per heavy atom. The Balaban J connectivity index is 1.69. The van der Waals surface area contributed by atoms with Crippen LogP contribution in [-0.2, 0) is 14.8 Å². The Hall–Kier alpha value is -3.47. The molecule has 1 fully saturated rings. The van der Waals surface area contributed by atoms with Gasteiger partial charge in [0, 0.05) is 18.7 Å². The number of carbonyl (C=O) groups is 1. The molecule has 0 saturated carbocycles. The molecular formula is C24H23FN2O6S. The number of carbonyl (C=O) groups excluding carboxylic acids is 1. The summed E-state index contributed by atoms with van der Waals surface area (Å²) in [5.74, 6) is 0.111. The van der Waals surface area contributed by atoms with Crippen LogP contribution >= 0.6 is 0 Å². The Kier molecular flexibility index (Phi) is 7.11. The van der Waals surface area contributed by atoms with Gasteiger partial charge < -0.3 is 19.5 Å². The van der Waals surface area contributed by atoms with Crippen molar-refractivity contribution in [2.45, 2.75) is 4.90 Å². The van der Waals surface area contributed by atoms with Gasteiger partial charge in [-0.2, -0.15) is 4.31 Å². The second-order valence-electron chi connectivity index (χ2n) is 7.42. The van der Waals surface area contributed by atoms with Gasteiger partial charge in [0.1, 0.15) is 17.3 Å². The number of methoxy groups -OCH3 is 1. The number of sulfonamides is 1. The predicted octanol–water partition coefficient (Wildman–Crippen LogP) is 3.90. The topological polar surface area (TPSA) is 94.2 Å². The molecule has 0 radical (unpaired) electrons. The van der Waals surface area contributed by atoms with Crippen molar-refractivity contribution in [1.29, 1.82) is 0 Å². The molecule has 0 spiro atoms. The van der Waals surface area contributed by atoms with Gasteiger partial charge in [-0.25, -0.2) is 12.8 Å². The van der Waals surface area contributed by atoms with Crippen LogP contribution in [-0.4, -0.2) is 52.0 Å². The summed E-state index contributed by atoms with van der Waals surface area (Å²) in [5, 5.41) is 2.72. The Bertz CT molecular complexity index is 1270. The number of rotatable bonds is 7. The maximum atomic E-state index is 13.3. The van der Waals surface area contributed by atoms with Crippen molar-refractivity contribution in [1.82, 2.24) is 4.31 Å². The first-order valence-electron chi connectivity index (χ1n) is 10.5. The first kappa shape index (κ1) is 23.7. The second-order valence-corrected chi connectivity index (χ2v) is 9.35. The lowest BCUT2D eigenvalue weighted by Gasteiger charge is -2.26. The van der Waals surface area contributed by atoms with Crippen molar-refractivity contribution in [3.8, 4) is 17.2 Å². The molecule has 3 aromatic carbocycles. The summed E-state index contributed by atoms with van der Waals surface area (Å²) in [6.07, 6.45) is 0. The summed E-state index contributed by atoms with van der Waals surface area (Å²) < 4.78 is 57.1. The number of anilines is 1. The van der Waals surface area contributed by atoms with Gasteiger partial charge in [0.15, 0.2) is 5.75 Å². The van der Waals surface area contributed by atoms with Crippen LogP contribution in [0.5, 0.6) is 17.2 Å². The number of hydrogen-bond donors (Lipinski definition) is 1. The number of amides is 1. The van der Waals surface area contributed by atoms with E-state index in [-0.39, 0.29) is 29.4 Å². The van der Waals surface area contributed by atoms with Crippen molar-refractivity contribution in [2.24, 2.45) is 0 Å². The molecule has 0 aliphatic carbocycles. The lowest BCUT2D eigenvalue weighted by Crippen LogP contribution is -2.40. The van der Waals surface area contributed by atoms with Gasteiger partial charge in [0.2, 0.25) is 10.0 Å². The molecule has 1 heterocycles. The fourth-order valence-corrected chi connectivity index (χ4v) is 4.82. The van der Waals surface area contributed by atoms with Gasteiger partial charge in [-0.05, 0) is 60.7 Å². The molecule has 178 valence electrons.